The Labute approximate surface area is 182 Å². The van der Waals surface area contributed by atoms with Gasteiger partial charge in [-0.25, -0.2) is 4.98 Å². The van der Waals surface area contributed by atoms with Crippen LogP contribution in [0.4, 0.5) is 5.13 Å². The van der Waals surface area contributed by atoms with Gasteiger partial charge >= 0.3 is 5.97 Å². The number of thiazole rings is 1. The first-order valence-electron chi connectivity index (χ1n) is 9.44. The van der Waals surface area contributed by atoms with Gasteiger partial charge in [-0.1, -0.05) is 0 Å². The fraction of sp³-hybridized carbons (Fsp3) is 0.722. The highest BCUT2D eigenvalue weighted by Crippen LogP contribution is 2.24. The Kier molecular flexibility index (Phi) is 9.07. The van der Waals surface area contributed by atoms with E-state index in [1.54, 1.807) is 11.3 Å². The van der Waals surface area contributed by atoms with Gasteiger partial charge in [0.2, 0.25) is 0 Å². The molecule has 27 heavy (non-hydrogen) atoms. The summed E-state index contributed by atoms with van der Waals surface area (Å²) in [6.07, 6.45) is 5.08. The van der Waals surface area contributed by atoms with E-state index in [4.69, 9.17) is 9.72 Å². The molecule has 1 aromatic rings. The molecule has 2 aliphatic heterocycles. The number of ether oxygens (including phenoxy) is 1. The Morgan fingerprint density at radius 2 is 2.04 bits per heavy atom. The minimum atomic E-state index is -0.0927. The number of guanidine groups is 1. The molecular formula is C18H30IN5O2S. The Morgan fingerprint density at radius 1 is 1.33 bits per heavy atom. The van der Waals surface area contributed by atoms with Crippen molar-refractivity contribution in [1.29, 1.82) is 0 Å². The second kappa shape index (κ2) is 11.0. The summed E-state index contributed by atoms with van der Waals surface area (Å²) in [5.41, 5.74) is 1.14. The lowest BCUT2D eigenvalue weighted by Gasteiger charge is -2.33. The largest absolute Gasteiger partial charge is 0.469 e. The van der Waals surface area contributed by atoms with Crippen molar-refractivity contribution < 1.29 is 9.53 Å². The fourth-order valence-corrected chi connectivity index (χ4v) is 4.51. The van der Waals surface area contributed by atoms with Gasteiger partial charge in [0.25, 0.3) is 0 Å². The molecular weight excluding hydrogens is 477 g/mol. The average Bonchev–Trinajstić information content (AvgIpc) is 3.36. The van der Waals surface area contributed by atoms with Crippen LogP contribution in [-0.2, 0) is 16.0 Å². The number of rotatable bonds is 5. The summed E-state index contributed by atoms with van der Waals surface area (Å²) in [5.74, 6) is 0.835. The van der Waals surface area contributed by atoms with E-state index in [0.29, 0.717) is 0 Å². The first-order valence-corrected chi connectivity index (χ1v) is 10.3. The molecule has 0 unspecified atom stereocenters. The highest BCUT2D eigenvalue weighted by molar-refractivity contribution is 14.0. The smallest absolute Gasteiger partial charge is 0.308 e. The molecule has 0 aromatic carbocycles. The molecule has 2 saturated heterocycles. The highest BCUT2D eigenvalue weighted by atomic mass is 127. The highest BCUT2D eigenvalue weighted by Gasteiger charge is 2.26. The van der Waals surface area contributed by atoms with Crippen molar-refractivity contribution in [2.45, 2.75) is 32.1 Å². The standard InChI is InChI=1S/C18H29N5O2S.HI/c1-19-17(22-11-6-14(7-12-22)16(24)25-2)20-8-5-15-13-26-18(21-15)23-9-3-4-10-23;/h13-14H,3-12H2,1-2H3,(H,19,20);1H. The lowest BCUT2D eigenvalue weighted by atomic mass is 9.97. The number of nitrogens with zero attached hydrogens (tertiary/aromatic N) is 4. The number of nitrogens with one attached hydrogen (secondary N) is 1. The molecule has 1 aromatic heterocycles. The van der Waals surface area contributed by atoms with E-state index in [9.17, 15) is 4.79 Å². The van der Waals surface area contributed by atoms with E-state index in [1.165, 1.54) is 20.0 Å². The molecule has 152 valence electrons. The van der Waals surface area contributed by atoms with E-state index in [2.05, 4.69) is 25.5 Å². The van der Waals surface area contributed by atoms with Crippen LogP contribution >= 0.6 is 35.3 Å². The number of aromatic nitrogens is 1. The second-order valence-electron chi connectivity index (χ2n) is 6.82. The van der Waals surface area contributed by atoms with Crippen LogP contribution in [0.25, 0.3) is 0 Å². The Balaban J connectivity index is 0.00000261. The number of halogens is 1. The summed E-state index contributed by atoms with van der Waals surface area (Å²) in [6.45, 7) is 4.75. The minimum Gasteiger partial charge on any atom is -0.469 e. The molecule has 0 atom stereocenters. The molecule has 0 radical (unpaired) electrons. The number of carbonyl (C=O) groups excluding carboxylic acids is 1. The van der Waals surface area contributed by atoms with Gasteiger partial charge in [0.15, 0.2) is 11.1 Å². The van der Waals surface area contributed by atoms with E-state index < -0.39 is 0 Å². The number of anilines is 1. The predicted octanol–water partition coefficient (Wildman–Crippen LogP) is 2.36. The molecule has 3 rings (SSSR count). The monoisotopic (exact) mass is 507 g/mol. The molecule has 2 fully saturated rings. The van der Waals surface area contributed by atoms with Gasteiger partial charge in [0.1, 0.15) is 0 Å². The Bertz CT molecular complexity index is 625. The first-order chi connectivity index (χ1) is 12.7. The van der Waals surface area contributed by atoms with Crippen molar-refractivity contribution in [1.82, 2.24) is 15.2 Å². The van der Waals surface area contributed by atoms with Gasteiger partial charge in [0, 0.05) is 51.6 Å². The van der Waals surface area contributed by atoms with Crippen molar-refractivity contribution in [3.8, 4) is 0 Å². The van der Waals surface area contributed by atoms with Crippen LogP contribution in [0.3, 0.4) is 0 Å². The van der Waals surface area contributed by atoms with Gasteiger partial charge in [-0.15, -0.1) is 35.3 Å². The zero-order valence-corrected chi connectivity index (χ0v) is 19.3. The van der Waals surface area contributed by atoms with Crippen LogP contribution in [0.15, 0.2) is 10.4 Å². The molecule has 0 amide bonds. The third-order valence-electron chi connectivity index (χ3n) is 5.12. The molecule has 0 spiro atoms. The number of likely N-dealkylation sites (tertiary alicyclic amines) is 1. The molecule has 2 aliphatic rings. The van der Waals surface area contributed by atoms with E-state index in [-0.39, 0.29) is 35.9 Å². The summed E-state index contributed by atoms with van der Waals surface area (Å²) >= 11 is 1.75. The average molecular weight is 507 g/mol. The maximum atomic E-state index is 11.6. The quantitative estimate of drug-likeness (QED) is 0.286. The van der Waals surface area contributed by atoms with Gasteiger partial charge in [-0.3, -0.25) is 9.79 Å². The topological polar surface area (TPSA) is 70.1 Å². The van der Waals surface area contributed by atoms with Crippen molar-refractivity contribution in [2.75, 3.05) is 51.8 Å². The van der Waals surface area contributed by atoms with Crippen molar-refractivity contribution >= 4 is 52.4 Å². The number of piperidine rings is 1. The molecule has 3 heterocycles. The normalized spacial score (nSPS) is 18.4. The predicted molar refractivity (Wildman–Crippen MR) is 120 cm³/mol. The summed E-state index contributed by atoms with van der Waals surface area (Å²) in [6, 6.07) is 0. The first kappa shape index (κ1) is 22.2. The molecule has 1 N–H and O–H groups in total. The third-order valence-corrected chi connectivity index (χ3v) is 6.07. The van der Waals surface area contributed by atoms with E-state index >= 15 is 0 Å². The third kappa shape index (κ3) is 5.94. The van der Waals surface area contributed by atoms with Crippen molar-refractivity contribution in [3.05, 3.63) is 11.1 Å². The molecule has 0 aliphatic carbocycles. The van der Waals surface area contributed by atoms with Gasteiger partial charge < -0.3 is 19.9 Å². The maximum Gasteiger partial charge on any atom is 0.308 e. The van der Waals surface area contributed by atoms with Crippen LogP contribution in [0.5, 0.6) is 0 Å². The number of hydrogen-bond acceptors (Lipinski definition) is 6. The number of aliphatic imine (C=N–C) groups is 1. The Hall–Kier alpha value is -1.10. The number of methoxy groups -OCH3 is 1. The van der Waals surface area contributed by atoms with Crippen LogP contribution in [0, 0.1) is 5.92 Å². The lowest BCUT2D eigenvalue weighted by molar-refractivity contribution is -0.146. The van der Waals surface area contributed by atoms with Crippen LogP contribution in [-0.4, -0.2) is 68.7 Å². The second-order valence-corrected chi connectivity index (χ2v) is 7.66. The number of esters is 1. The molecule has 7 nitrogen and oxygen atoms in total. The zero-order chi connectivity index (χ0) is 18.4. The van der Waals surface area contributed by atoms with Crippen LogP contribution < -0.4 is 10.2 Å². The molecule has 0 bridgehead atoms. The van der Waals surface area contributed by atoms with E-state index in [1.807, 2.05) is 7.05 Å². The van der Waals surface area contributed by atoms with Gasteiger partial charge in [-0.05, 0) is 25.7 Å². The zero-order valence-electron chi connectivity index (χ0n) is 16.1. The van der Waals surface area contributed by atoms with Gasteiger partial charge in [0.05, 0.1) is 18.7 Å². The summed E-state index contributed by atoms with van der Waals surface area (Å²) < 4.78 is 4.85. The number of hydrogen-bond donors (Lipinski definition) is 1. The minimum absolute atomic E-state index is 0. The number of carbonyl (C=O) groups is 1. The van der Waals surface area contributed by atoms with Crippen LogP contribution in [0.2, 0.25) is 0 Å². The summed E-state index contributed by atoms with van der Waals surface area (Å²) in [7, 11) is 3.27. The summed E-state index contributed by atoms with van der Waals surface area (Å²) in [5, 5.41) is 6.76. The van der Waals surface area contributed by atoms with Crippen molar-refractivity contribution in [2.24, 2.45) is 10.9 Å². The lowest BCUT2D eigenvalue weighted by Crippen LogP contribution is -2.47. The Morgan fingerprint density at radius 3 is 2.67 bits per heavy atom. The van der Waals surface area contributed by atoms with E-state index in [0.717, 1.165) is 68.8 Å². The molecule has 0 saturated carbocycles. The maximum absolute atomic E-state index is 11.6. The van der Waals surface area contributed by atoms with Crippen LogP contribution in [0.1, 0.15) is 31.4 Å². The SMILES string of the molecule is CN=C(NCCc1csc(N2CCCC2)n1)N1CCC(C(=O)OC)CC1.I. The molecule has 9 heteroatoms. The van der Waals surface area contributed by atoms with Crippen molar-refractivity contribution in [3.63, 3.8) is 0 Å². The fourth-order valence-electron chi connectivity index (χ4n) is 3.59. The summed E-state index contributed by atoms with van der Waals surface area (Å²) in [4.78, 5) is 25.4. The van der Waals surface area contributed by atoms with Gasteiger partial charge in [-0.2, -0.15) is 0 Å².